The van der Waals surface area contributed by atoms with Gasteiger partial charge in [-0.3, -0.25) is 0 Å². The lowest BCUT2D eigenvalue weighted by Crippen LogP contribution is -2.05. The van der Waals surface area contributed by atoms with E-state index in [0.29, 0.717) is 22.8 Å². The molecule has 104 valence electrons. The van der Waals surface area contributed by atoms with E-state index in [9.17, 15) is 5.11 Å². The fourth-order valence-corrected chi connectivity index (χ4v) is 2.48. The molecule has 1 aromatic rings. The summed E-state index contributed by atoms with van der Waals surface area (Å²) < 4.78 is 16.0. The number of rotatable bonds is 5. The zero-order chi connectivity index (χ0) is 13.8. The zero-order valence-electron chi connectivity index (χ0n) is 11.6. The molecule has 0 spiro atoms. The third kappa shape index (κ3) is 2.54. The Hall–Kier alpha value is -1.68. The molecule has 2 rings (SSSR count). The number of benzene rings is 1. The molecule has 4 nitrogen and oxygen atoms in total. The molecular formula is C15H20O4. The van der Waals surface area contributed by atoms with Gasteiger partial charge in [0, 0.05) is 5.56 Å². The molecule has 0 radical (unpaired) electrons. The van der Waals surface area contributed by atoms with Crippen LogP contribution in [0, 0.1) is 0 Å². The maximum absolute atomic E-state index is 10.5. The van der Waals surface area contributed by atoms with Crippen molar-refractivity contribution in [3.8, 4) is 17.2 Å². The highest BCUT2D eigenvalue weighted by atomic mass is 16.5. The third-order valence-electron chi connectivity index (χ3n) is 3.46. The number of aliphatic hydroxyl groups is 1. The fraction of sp³-hybridized carbons (Fsp3) is 0.467. The normalized spacial score (nSPS) is 15.9. The van der Waals surface area contributed by atoms with Gasteiger partial charge in [-0.1, -0.05) is 6.08 Å². The number of hydrogen-bond donors (Lipinski definition) is 1. The van der Waals surface area contributed by atoms with Crippen LogP contribution < -0.4 is 14.2 Å². The van der Waals surface area contributed by atoms with Crippen molar-refractivity contribution in [1.29, 1.82) is 0 Å². The molecular weight excluding hydrogens is 244 g/mol. The first-order valence-corrected chi connectivity index (χ1v) is 6.38. The Morgan fingerprint density at radius 2 is 1.79 bits per heavy atom. The lowest BCUT2D eigenvalue weighted by Gasteiger charge is -2.19. The first-order valence-electron chi connectivity index (χ1n) is 6.38. The number of hydrogen-bond acceptors (Lipinski definition) is 4. The average molecular weight is 264 g/mol. The Morgan fingerprint density at radius 3 is 2.32 bits per heavy atom. The van der Waals surface area contributed by atoms with Crippen LogP contribution in [0.4, 0.5) is 0 Å². The molecule has 0 aromatic heterocycles. The quantitative estimate of drug-likeness (QED) is 0.831. The SMILES string of the molecule is COc1ccc(C(O)C2=CCCC2)c(OC)c1OC. The molecule has 1 atom stereocenters. The predicted molar refractivity (Wildman–Crippen MR) is 73.0 cm³/mol. The molecule has 19 heavy (non-hydrogen) atoms. The van der Waals surface area contributed by atoms with Crippen LogP contribution in [0.3, 0.4) is 0 Å². The van der Waals surface area contributed by atoms with Crippen molar-refractivity contribution in [1.82, 2.24) is 0 Å². The number of allylic oxidation sites excluding steroid dienone is 1. The van der Waals surface area contributed by atoms with Gasteiger partial charge in [0.1, 0.15) is 6.10 Å². The van der Waals surface area contributed by atoms with Gasteiger partial charge < -0.3 is 19.3 Å². The largest absolute Gasteiger partial charge is 0.493 e. The van der Waals surface area contributed by atoms with Crippen molar-refractivity contribution in [2.45, 2.75) is 25.4 Å². The van der Waals surface area contributed by atoms with Crippen LogP contribution in [0.25, 0.3) is 0 Å². The first kappa shape index (κ1) is 13.7. The Labute approximate surface area is 113 Å². The van der Waals surface area contributed by atoms with E-state index in [1.54, 1.807) is 27.4 Å². The van der Waals surface area contributed by atoms with Crippen molar-refractivity contribution in [2.75, 3.05) is 21.3 Å². The number of aliphatic hydroxyl groups excluding tert-OH is 1. The molecule has 0 saturated carbocycles. The molecule has 0 heterocycles. The highest BCUT2D eigenvalue weighted by Crippen LogP contribution is 2.44. The highest BCUT2D eigenvalue weighted by Gasteiger charge is 2.24. The van der Waals surface area contributed by atoms with Crippen LogP contribution in [0.5, 0.6) is 17.2 Å². The van der Waals surface area contributed by atoms with E-state index >= 15 is 0 Å². The van der Waals surface area contributed by atoms with Gasteiger partial charge in [0.05, 0.1) is 21.3 Å². The van der Waals surface area contributed by atoms with Crippen molar-refractivity contribution in [3.63, 3.8) is 0 Å². The molecule has 1 unspecified atom stereocenters. The standard InChI is InChI=1S/C15H20O4/c1-17-12-9-8-11(14(18-2)15(12)19-3)13(16)10-6-4-5-7-10/h6,8-9,13,16H,4-5,7H2,1-3H3. The van der Waals surface area contributed by atoms with Gasteiger partial charge in [0.25, 0.3) is 0 Å². The Bertz CT molecular complexity index is 479. The van der Waals surface area contributed by atoms with E-state index < -0.39 is 6.10 Å². The second-order valence-corrected chi connectivity index (χ2v) is 4.50. The third-order valence-corrected chi connectivity index (χ3v) is 3.46. The maximum Gasteiger partial charge on any atom is 0.203 e. The van der Waals surface area contributed by atoms with Crippen molar-refractivity contribution >= 4 is 0 Å². The minimum absolute atomic E-state index is 0.514. The van der Waals surface area contributed by atoms with Gasteiger partial charge >= 0.3 is 0 Å². The van der Waals surface area contributed by atoms with Crippen LogP contribution in [-0.4, -0.2) is 26.4 Å². The molecule has 0 aliphatic heterocycles. The van der Waals surface area contributed by atoms with E-state index in [-0.39, 0.29) is 0 Å². The van der Waals surface area contributed by atoms with Crippen LogP contribution in [0.15, 0.2) is 23.8 Å². The minimum atomic E-state index is -0.641. The maximum atomic E-state index is 10.5. The summed E-state index contributed by atoms with van der Waals surface area (Å²) in [7, 11) is 4.70. The second-order valence-electron chi connectivity index (χ2n) is 4.50. The Kier molecular flexibility index (Phi) is 4.32. The van der Waals surface area contributed by atoms with Gasteiger partial charge in [-0.25, -0.2) is 0 Å². The summed E-state index contributed by atoms with van der Waals surface area (Å²) in [6, 6.07) is 3.61. The van der Waals surface area contributed by atoms with Crippen molar-refractivity contribution in [2.24, 2.45) is 0 Å². The topological polar surface area (TPSA) is 47.9 Å². The summed E-state index contributed by atoms with van der Waals surface area (Å²) in [5.74, 6) is 1.64. The number of ether oxygens (including phenoxy) is 3. The zero-order valence-corrected chi connectivity index (χ0v) is 11.6. The van der Waals surface area contributed by atoms with Crippen LogP contribution >= 0.6 is 0 Å². The summed E-state index contributed by atoms with van der Waals surface area (Å²) >= 11 is 0. The molecule has 0 amide bonds. The second kappa shape index (κ2) is 5.97. The lowest BCUT2D eigenvalue weighted by atomic mass is 9.99. The minimum Gasteiger partial charge on any atom is -0.493 e. The predicted octanol–water partition coefficient (Wildman–Crippen LogP) is 2.86. The smallest absolute Gasteiger partial charge is 0.203 e. The molecule has 1 aliphatic carbocycles. The highest BCUT2D eigenvalue weighted by molar-refractivity contribution is 5.57. The lowest BCUT2D eigenvalue weighted by molar-refractivity contribution is 0.205. The van der Waals surface area contributed by atoms with E-state index in [0.717, 1.165) is 24.8 Å². The van der Waals surface area contributed by atoms with E-state index in [1.807, 2.05) is 6.07 Å². The molecule has 0 saturated heterocycles. The van der Waals surface area contributed by atoms with Gasteiger partial charge in [0.15, 0.2) is 11.5 Å². The first-order chi connectivity index (χ1) is 9.22. The summed E-state index contributed by atoms with van der Waals surface area (Å²) in [5.41, 5.74) is 1.76. The number of methoxy groups -OCH3 is 3. The molecule has 4 heteroatoms. The Balaban J connectivity index is 2.45. The molecule has 0 fully saturated rings. The molecule has 1 N–H and O–H groups in total. The van der Waals surface area contributed by atoms with Crippen LogP contribution in [0.1, 0.15) is 30.9 Å². The van der Waals surface area contributed by atoms with Crippen molar-refractivity contribution in [3.05, 3.63) is 29.3 Å². The summed E-state index contributed by atoms with van der Waals surface area (Å²) in [6.07, 6.45) is 4.51. The van der Waals surface area contributed by atoms with E-state index in [4.69, 9.17) is 14.2 Å². The van der Waals surface area contributed by atoms with E-state index in [2.05, 4.69) is 6.08 Å². The van der Waals surface area contributed by atoms with Crippen molar-refractivity contribution < 1.29 is 19.3 Å². The van der Waals surface area contributed by atoms with Gasteiger partial charge in [-0.15, -0.1) is 0 Å². The Morgan fingerprint density at radius 1 is 1.05 bits per heavy atom. The van der Waals surface area contributed by atoms with Crippen LogP contribution in [0.2, 0.25) is 0 Å². The average Bonchev–Trinajstić information content (AvgIpc) is 2.98. The van der Waals surface area contributed by atoms with Gasteiger partial charge in [0.2, 0.25) is 5.75 Å². The molecule has 1 aromatic carbocycles. The molecule has 0 bridgehead atoms. The summed E-state index contributed by atoms with van der Waals surface area (Å²) in [6.45, 7) is 0. The van der Waals surface area contributed by atoms with Gasteiger partial charge in [-0.05, 0) is 37.0 Å². The van der Waals surface area contributed by atoms with Gasteiger partial charge in [-0.2, -0.15) is 0 Å². The summed E-state index contributed by atoms with van der Waals surface area (Å²) in [4.78, 5) is 0. The summed E-state index contributed by atoms with van der Waals surface area (Å²) in [5, 5.41) is 10.5. The monoisotopic (exact) mass is 264 g/mol. The fourth-order valence-electron chi connectivity index (χ4n) is 2.48. The van der Waals surface area contributed by atoms with Crippen LogP contribution in [-0.2, 0) is 0 Å². The molecule has 1 aliphatic rings. The van der Waals surface area contributed by atoms with E-state index in [1.165, 1.54) is 0 Å².